The number of allylic oxidation sites excluding steroid dienone is 1. The first kappa shape index (κ1) is 23.2. The van der Waals surface area contributed by atoms with Gasteiger partial charge in [-0.3, -0.25) is 9.59 Å². The lowest BCUT2D eigenvalue weighted by Gasteiger charge is -2.62. The molecule has 0 heterocycles. The van der Waals surface area contributed by atoms with E-state index in [1.54, 1.807) is 6.08 Å². The Kier molecular flexibility index (Phi) is 5.47. The second-order valence-electron chi connectivity index (χ2n) is 11.7. The third-order valence-electron chi connectivity index (χ3n) is 9.04. The minimum atomic E-state index is -0.846. The van der Waals surface area contributed by atoms with Crippen molar-refractivity contribution in [2.75, 3.05) is 0 Å². The standard InChI is InChI=1S/C26H37NO5/c1-23(2,3)32-22(30)21(27-15-28)20-9-8-18-19-7-6-16-14-17(29)10-11-25(16,5)26(19,31)13-12-24(18,20)4/h14-15,18-19,31H,6-13H2,1-5H3,(H,27,28)/b21-20-/t18-,19-,24-,25-,26+/m0/s1. The van der Waals surface area contributed by atoms with Gasteiger partial charge in [-0.15, -0.1) is 0 Å². The Hall–Kier alpha value is -1.95. The zero-order chi connectivity index (χ0) is 23.5. The van der Waals surface area contributed by atoms with Crippen molar-refractivity contribution in [1.82, 2.24) is 5.32 Å². The SMILES string of the molecule is CC(C)(C)OC(=O)/C(NC=O)=C1\CC[C@H]2[C@@H]3CCC4=CC(=O)CC[C@]4(C)[C@@]3(O)CC[C@]12C. The highest BCUT2D eigenvalue weighted by Gasteiger charge is 2.65. The summed E-state index contributed by atoms with van der Waals surface area (Å²) in [6.45, 7) is 9.78. The molecule has 0 aromatic carbocycles. The summed E-state index contributed by atoms with van der Waals surface area (Å²) < 4.78 is 5.61. The maximum atomic E-state index is 13.0. The Labute approximate surface area is 190 Å². The van der Waals surface area contributed by atoms with Gasteiger partial charge in [-0.2, -0.15) is 0 Å². The Morgan fingerprint density at radius 2 is 1.81 bits per heavy atom. The molecule has 0 aromatic heterocycles. The molecule has 3 saturated carbocycles. The predicted molar refractivity (Wildman–Crippen MR) is 120 cm³/mol. The number of ether oxygens (including phenoxy) is 1. The molecule has 6 nitrogen and oxygen atoms in total. The van der Waals surface area contributed by atoms with Crippen molar-refractivity contribution < 1.29 is 24.2 Å². The summed E-state index contributed by atoms with van der Waals surface area (Å²) in [5, 5.41) is 14.8. The zero-order valence-corrected chi connectivity index (χ0v) is 20.0. The van der Waals surface area contributed by atoms with Gasteiger partial charge in [-0.05, 0) is 94.6 Å². The van der Waals surface area contributed by atoms with Gasteiger partial charge in [0.1, 0.15) is 11.3 Å². The van der Waals surface area contributed by atoms with Crippen molar-refractivity contribution in [3.05, 3.63) is 22.9 Å². The van der Waals surface area contributed by atoms with Crippen LogP contribution in [-0.2, 0) is 19.1 Å². The van der Waals surface area contributed by atoms with Crippen LogP contribution < -0.4 is 5.32 Å². The van der Waals surface area contributed by atoms with E-state index in [0.717, 1.165) is 36.8 Å². The largest absolute Gasteiger partial charge is 0.455 e. The number of hydrogen-bond acceptors (Lipinski definition) is 5. The Balaban J connectivity index is 1.72. The van der Waals surface area contributed by atoms with E-state index in [0.29, 0.717) is 32.1 Å². The molecule has 4 rings (SSSR count). The number of fused-ring (bicyclic) bond motifs is 5. The maximum Gasteiger partial charge on any atom is 0.355 e. The van der Waals surface area contributed by atoms with Gasteiger partial charge in [0.2, 0.25) is 6.41 Å². The van der Waals surface area contributed by atoms with Gasteiger partial charge in [-0.25, -0.2) is 4.79 Å². The molecular weight excluding hydrogens is 406 g/mol. The van der Waals surface area contributed by atoms with E-state index >= 15 is 0 Å². The van der Waals surface area contributed by atoms with E-state index in [9.17, 15) is 19.5 Å². The van der Waals surface area contributed by atoms with Gasteiger partial charge in [0.25, 0.3) is 0 Å². The van der Waals surface area contributed by atoms with Crippen LogP contribution in [-0.4, -0.2) is 34.5 Å². The molecule has 0 spiro atoms. The summed E-state index contributed by atoms with van der Waals surface area (Å²) in [6, 6.07) is 0. The Bertz CT molecular complexity index is 912. The number of carbonyl (C=O) groups is 3. The van der Waals surface area contributed by atoms with Crippen LogP contribution >= 0.6 is 0 Å². The minimum absolute atomic E-state index is 0.102. The van der Waals surface area contributed by atoms with E-state index in [1.807, 2.05) is 20.8 Å². The van der Waals surface area contributed by atoms with Gasteiger partial charge in [0.05, 0.1) is 5.60 Å². The lowest BCUT2D eigenvalue weighted by molar-refractivity contribution is -0.183. The molecule has 2 N–H and O–H groups in total. The third-order valence-corrected chi connectivity index (χ3v) is 9.04. The summed E-state index contributed by atoms with van der Waals surface area (Å²) in [5.41, 5.74) is 0.197. The Morgan fingerprint density at radius 3 is 2.47 bits per heavy atom. The minimum Gasteiger partial charge on any atom is -0.455 e. The summed E-state index contributed by atoms with van der Waals surface area (Å²) in [7, 11) is 0. The topological polar surface area (TPSA) is 92.7 Å². The summed E-state index contributed by atoms with van der Waals surface area (Å²) in [5.74, 6) is 0.00508. The fourth-order valence-corrected chi connectivity index (χ4v) is 7.38. The molecule has 3 fully saturated rings. The van der Waals surface area contributed by atoms with E-state index in [4.69, 9.17) is 4.74 Å². The van der Waals surface area contributed by atoms with E-state index in [2.05, 4.69) is 19.2 Å². The van der Waals surface area contributed by atoms with Crippen LogP contribution in [0.5, 0.6) is 0 Å². The monoisotopic (exact) mass is 443 g/mol. The quantitative estimate of drug-likeness (QED) is 0.391. The van der Waals surface area contributed by atoms with Crippen LogP contribution in [0.3, 0.4) is 0 Å². The fraction of sp³-hybridized carbons (Fsp3) is 0.731. The molecule has 4 aliphatic carbocycles. The van der Waals surface area contributed by atoms with Crippen molar-refractivity contribution >= 4 is 18.2 Å². The van der Waals surface area contributed by atoms with Gasteiger partial charge < -0.3 is 15.2 Å². The van der Waals surface area contributed by atoms with Crippen molar-refractivity contribution in [3.63, 3.8) is 0 Å². The van der Waals surface area contributed by atoms with Gasteiger partial charge in [0.15, 0.2) is 5.78 Å². The fourth-order valence-electron chi connectivity index (χ4n) is 7.38. The highest BCUT2D eigenvalue weighted by molar-refractivity contribution is 5.92. The average Bonchev–Trinajstić information content (AvgIpc) is 3.03. The summed E-state index contributed by atoms with van der Waals surface area (Å²) >= 11 is 0. The van der Waals surface area contributed by atoms with Crippen molar-refractivity contribution in [2.45, 2.75) is 97.2 Å². The molecule has 1 amide bonds. The molecule has 0 unspecified atom stereocenters. The molecule has 5 atom stereocenters. The van der Waals surface area contributed by atoms with Crippen molar-refractivity contribution in [2.24, 2.45) is 22.7 Å². The highest BCUT2D eigenvalue weighted by Crippen LogP contribution is 2.68. The van der Waals surface area contributed by atoms with Gasteiger partial charge >= 0.3 is 5.97 Å². The molecular formula is C26H37NO5. The number of nitrogens with one attached hydrogen (secondary N) is 1. The van der Waals surface area contributed by atoms with Crippen LogP contribution in [0.15, 0.2) is 22.9 Å². The second-order valence-corrected chi connectivity index (χ2v) is 11.7. The second kappa shape index (κ2) is 7.54. The van der Waals surface area contributed by atoms with Gasteiger partial charge in [-0.1, -0.05) is 19.4 Å². The lowest BCUT2D eigenvalue weighted by Crippen LogP contribution is -2.62. The van der Waals surface area contributed by atoms with E-state index < -0.39 is 17.2 Å². The first-order valence-corrected chi connectivity index (χ1v) is 12.0. The van der Waals surface area contributed by atoms with Crippen molar-refractivity contribution in [1.29, 1.82) is 0 Å². The summed E-state index contributed by atoms with van der Waals surface area (Å²) in [4.78, 5) is 36.4. The third kappa shape index (κ3) is 3.37. The number of amides is 1. The smallest absolute Gasteiger partial charge is 0.355 e. The first-order chi connectivity index (χ1) is 14.9. The molecule has 0 aliphatic heterocycles. The average molecular weight is 444 g/mol. The lowest BCUT2D eigenvalue weighted by atomic mass is 9.45. The number of aliphatic hydroxyl groups is 1. The molecule has 4 aliphatic rings. The Morgan fingerprint density at radius 1 is 1.12 bits per heavy atom. The van der Waals surface area contributed by atoms with Crippen LogP contribution in [0.2, 0.25) is 0 Å². The predicted octanol–water partition coefficient (Wildman–Crippen LogP) is 3.98. The number of ketones is 1. The molecule has 0 saturated heterocycles. The molecule has 0 aromatic rings. The number of rotatable bonds is 3. The van der Waals surface area contributed by atoms with Crippen LogP contribution in [0.25, 0.3) is 0 Å². The highest BCUT2D eigenvalue weighted by atomic mass is 16.6. The molecule has 176 valence electrons. The van der Waals surface area contributed by atoms with E-state index in [-0.39, 0.29) is 34.1 Å². The summed E-state index contributed by atoms with van der Waals surface area (Å²) in [6.07, 6.45) is 8.18. The normalized spacial score (nSPS) is 40.4. The maximum absolute atomic E-state index is 13.0. The van der Waals surface area contributed by atoms with Gasteiger partial charge in [0, 0.05) is 11.8 Å². The van der Waals surface area contributed by atoms with Crippen LogP contribution in [0.1, 0.15) is 86.0 Å². The zero-order valence-electron chi connectivity index (χ0n) is 20.0. The van der Waals surface area contributed by atoms with Crippen molar-refractivity contribution in [3.8, 4) is 0 Å². The van der Waals surface area contributed by atoms with Crippen LogP contribution in [0.4, 0.5) is 0 Å². The molecule has 6 heteroatoms. The van der Waals surface area contributed by atoms with Crippen LogP contribution in [0, 0.1) is 22.7 Å². The first-order valence-electron chi connectivity index (χ1n) is 12.0. The van der Waals surface area contributed by atoms with E-state index in [1.165, 1.54) is 0 Å². The number of carbonyl (C=O) groups excluding carboxylic acids is 3. The molecule has 0 bridgehead atoms. The number of hydrogen-bond donors (Lipinski definition) is 2. The molecule has 32 heavy (non-hydrogen) atoms. The number of esters is 1. The molecule has 0 radical (unpaired) electrons.